The number of rotatable bonds is 7. The molecular weight excluding hydrogens is 340 g/mol. The predicted octanol–water partition coefficient (Wildman–Crippen LogP) is 4.69. The third kappa shape index (κ3) is 4.33. The fourth-order valence-corrected chi connectivity index (χ4v) is 2.78. The second-order valence-corrected chi connectivity index (χ2v) is 5.89. The van der Waals surface area contributed by atoms with Crippen LogP contribution < -0.4 is 5.32 Å². The predicted molar refractivity (Wildman–Crippen MR) is 86.1 cm³/mol. The molecule has 1 aromatic carbocycles. The Kier molecular flexibility index (Phi) is 6.07. The van der Waals surface area contributed by atoms with E-state index >= 15 is 0 Å². The van der Waals surface area contributed by atoms with E-state index in [0.29, 0.717) is 5.02 Å². The molecule has 0 aliphatic rings. The van der Waals surface area contributed by atoms with Crippen LogP contribution in [0.3, 0.4) is 0 Å². The zero-order valence-corrected chi connectivity index (χ0v) is 13.8. The minimum absolute atomic E-state index is 0.697. The van der Waals surface area contributed by atoms with Gasteiger partial charge in [0.15, 0.2) is 11.7 Å². The fraction of sp³-hybridized carbons (Fsp3) is 0.400. The van der Waals surface area contributed by atoms with Crippen LogP contribution >= 0.6 is 27.5 Å². The Labute approximate surface area is 132 Å². The molecule has 0 saturated carbocycles. The molecule has 2 aromatic rings. The summed E-state index contributed by atoms with van der Waals surface area (Å²) in [5.41, 5.74) is 0.970. The summed E-state index contributed by atoms with van der Waals surface area (Å²) in [7, 11) is 0. The van der Waals surface area contributed by atoms with Crippen molar-refractivity contribution in [1.29, 1.82) is 0 Å². The molecule has 3 nitrogen and oxygen atoms in total. The first-order valence-electron chi connectivity index (χ1n) is 6.81. The Morgan fingerprint density at radius 2 is 2.20 bits per heavy atom. The minimum Gasteiger partial charge on any atom is -0.441 e. The minimum atomic E-state index is 0.697. The van der Waals surface area contributed by atoms with Crippen molar-refractivity contribution in [3.05, 3.63) is 39.8 Å². The Morgan fingerprint density at radius 1 is 1.35 bits per heavy atom. The number of nitrogens with one attached hydrogen (secondary N) is 1. The summed E-state index contributed by atoms with van der Waals surface area (Å²) < 4.78 is 6.70. The summed E-state index contributed by atoms with van der Waals surface area (Å²) in [6.45, 7) is 4.22. The Morgan fingerprint density at radius 3 is 2.95 bits per heavy atom. The number of aryl methyl sites for hydroxylation is 1. The van der Waals surface area contributed by atoms with Gasteiger partial charge in [-0.2, -0.15) is 0 Å². The molecule has 1 aromatic heterocycles. The Bertz CT molecular complexity index is 557. The molecule has 0 amide bonds. The fourth-order valence-electron chi connectivity index (χ4n) is 1.91. The van der Waals surface area contributed by atoms with E-state index in [1.165, 1.54) is 0 Å². The number of aromatic nitrogens is 1. The molecule has 0 saturated heterocycles. The number of hydrogen-bond acceptors (Lipinski definition) is 3. The van der Waals surface area contributed by atoms with Crippen LogP contribution in [0.25, 0.3) is 11.3 Å². The first kappa shape index (κ1) is 15.5. The van der Waals surface area contributed by atoms with Gasteiger partial charge in [0.2, 0.25) is 0 Å². The smallest absolute Gasteiger partial charge is 0.194 e. The summed E-state index contributed by atoms with van der Waals surface area (Å²) >= 11 is 9.43. The lowest BCUT2D eigenvalue weighted by Crippen LogP contribution is -2.16. The van der Waals surface area contributed by atoms with E-state index in [1.54, 1.807) is 6.20 Å². The first-order chi connectivity index (χ1) is 9.70. The molecule has 0 atom stereocenters. The highest BCUT2D eigenvalue weighted by Crippen LogP contribution is 2.31. The van der Waals surface area contributed by atoms with Gasteiger partial charge in [-0.15, -0.1) is 0 Å². The molecule has 108 valence electrons. The van der Waals surface area contributed by atoms with Gasteiger partial charge in [-0.25, -0.2) is 4.98 Å². The highest BCUT2D eigenvalue weighted by molar-refractivity contribution is 9.10. The normalized spacial score (nSPS) is 10.9. The number of benzene rings is 1. The van der Waals surface area contributed by atoms with Gasteiger partial charge >= 0.3 is 0 Å². The number of hydrogen-bond donors (Lipinski definition) is 1. The van der Waals surface area contributed by atoms with Crippen LogP contribution in [0.1, 0.15) is 25.7 Å². The lowest BCUT2D eigenvalue weighted by atomic mass is 10.2. The zero-order valence-electron chi connectivity index (χ0n) is 11.5. The molecule has 0 aliphatic heterocycles. The van der Waals surface area contributed by atoms with E-state index in [-0.39, 0.29) is 0 Å². The van der Waals surface area contributed by atoms with Gasteiger partial charge in [-0.3, -0.25) is 0 Å². The highest BCUT2D eigenvalue weighted by atomic mass is 79.9. The van der Waals surface area contributed by atoms with Gasteiger partial charge in [0.05, 0.1) is 6.20 Å². The van der Waals surface area contributed by atoms with Gasteiger partial charge < -0.3 is 9.73 Å². The third-order valence-corrected chi connectivity index (χ3v) is 3.81. The molecule has 0 bridgehead atoms. The summed E-state index contributed by atoms with van der Waals surface area (Å²) in [6, 6.07) is 5.63. The van der Waals surface area contributed by atoms with E-state index in [9.17, 15) is 0 Å². The average molecular weight is 358 g/mol. The maximum Gasteiger partial charge on any atom is 0.194 e. The van der Waals surface area contributed by atoms with Gasteiger partial charge in [0, 0.05) is 21.5 Å². The van der Waals surface area contributed by atoms with Gasteiger partial charge in [0.25, 0.3) is 0 Å². The maximum atomic E-state index is 5.94. The lowest BCUT2D eigenvalue weighted by molar-refractivity contribution is 0.491. The first-order valence-corrected chi connectivity index (χ1v) is 7.98. The molecule has 1 heterocycles. The number of nitrogens with zero attached hydrogens (tertiary/aromatic N) is 1. The van der Waals surface area contributed by atoms with Crippen molar-refractivity contribution >= 4 is 27.5 Å². The van der Waals surface area contributed by atoms with Crippen molar-refractivity contribution in [3.63, 3.8) is 0 Å². The Hall–Kier alpha value is -0.840. The number of oxazole rings is 1. The molecule has 0 spiro atoms. The van der Waals surface area contributed by atoms with Gasteiger partial charge in [0.1, 0.15) is 0 Å². The largest absolute Gasteiger partial charge is 0.441 e. The summed E-state index contributed by atoms with van der Waals surface area (Å²) in [6.07, 6.45) is 4.81. The number of halogens is 2. The maximum absolute atomic E-state index is 5.94. The summed E-state index contributed by atoms with van der Waals surface area (Å²) in [5, 5.41) is 4.06. The van der Waals surface area contributed by atoms with Crippen molar-refractivity contribution in [1.82, 2.24) is 10.3 Å². The van der Waals surface area contributed by atoms with Crippen molar-refractivity contribution in [2.24, 2.45) is 0 Å². The second kappa shape index (κ2) is 7.81. The quantitative estimate of drug-likeness (QED) is 0.731. The molecule has 0 radical (unpaired) electrons. The van der Waals surface area contributed by atoms with E-state index in [2.05, 4.69) is 33.2 Å². The summed E-state index contributed by atoms with van der Waals surface area (Å²) in [4.78, 5) is 4.33. The van der Waals surface area contributed by atoms with Crippen LogP contribution in [-0.2, 0) is 6.42 Å². The monoisotopic (exact) mass is 356 g/mol. The molecule has 1 N–H and O–H groups in total. The molecule has 2 rings (SSSR count). The SMILES string of the molecule is CCCNCCCc1ncc(-c2ccc(Cl)cc2Br)o1. The van der Waals surface area contributed by atoms with E-state index in [1.807, 2.05) is 18.2 Å². The standard InChI is InChI=1S/C15H18BrClN2O/c1-2-7-18-8-3-4-15-19-10-14(20-15)12-6-5-11(17)9-13(12)16/h5-6,9-10,18H,2-4,7-8H2,1H3. The van der Waals surface area contributed by atoms with Gasteiger partial charge in [-0.05, 0) is 60.1 Å². The molecule has 0 fully saturated rings. The second-order valence-electron chi connectivity index (χ2n) is 4.60. The molecule has 5 heteroatoms. The van der Waals surface area contributed by atoms with Crippen LogP contribution in [0, 0.1) is 0 Å². The topological polar surface area (TPSA) is 38.1 Å². The van der Waals surface area contributed by atoms with Gasteiger partial charge in [-0.1, -0.05) is 18.5 Å². The molecule has 0 aliphatic carbocycles. The highest BCUT2D eigenvalue weighted by Gasteiger charge is 2.09. The Balaban J connectivity index is 1.95. The average Bonchev–Trinajstić information content (AvgIpc) is 2.87. The van der Waals surface area contributed by atoms with Crippen molar-refractivity contribution in [3.8, 4) is 11.3 Å². The molecule has 0 unspecified atom stereocenters. The van der Waals surface area contributed by atoms with Crippen molar-refractivity contribution in [2.45, 2.75) is 26.2 Å². The van der Waals surface area contributed by atoms with Crippen molar-refractivity contribution in [2.75, 3.05) is 13.1 Å². The van der Waals surface area contributed by atoms with Crippen LogP contribution in [-0.4, -0.2) is 18.1 Å². The van der Waals surface area contributed by atoms with Crippen LogP contribution in [0.5, 0.6) is 0 Å². The van der Waals surface area contributed by atoms with E-state index < -0.39 is 0 Å². The lowest BCUT2D eigenvalue weighted by Gasteiger charge is -2.01. The van der Waals surface area contributed by atoms with Crippen molar-refractivity contribution < 1.29 is 4.42 Å². The van der Waals surface area contributed by atoms with Crippen LogP contribution in [0.2, 0.25) is 5.02 Å². The zero-order chi connectivity index (χ0) is 14.4. The molecular formula is C15H18BrClN2O. The summed E-state index contributed by atoms with van der Waals surface area (Å²) in [5.74, 6) is 1.55. The van der Waals surface area contributed by atoms with Crippen LogP contribution in [0.4, 0.5) is 0 Å². The van der Waals surface area contributed by atoms with E-state index in [4.69, 9.17) is 16.0 Å². The third-order valence-electron chi connectivity index (χ3n) is 2.92. The van der Waals surface area contributed by atoms with E-state index in [0.717, 1.165) is 54.0 Å². The van der Waals surface area contributed by atoms with Crippen LogP contribution in [0.15, 0.2) is 33.3 Å². The molecule has 20 heavy (non-hydrogen) atoms.